The van der Waals surface area contributed by atoms with E-state index in [0.717, 1.165) is 11.8 Å². The summed E-state index contributed by atoms with van der Waals surface area (Å²) in [6.07, 6.45) is 0. The molecule has 1 amide bonds. The Balaban J connectivity index is 1.42. The Hall–Kier alpha value is -2.80. The summed E-state index contributed by atoms with van der Waals surface area (Å²) in [6, 6.07) is 12.1. The number of nitrogens with one attached hydrogen (secondary N) is 1. The van der Waals surface area contributed by atoms with Gasteiger partial charge in [0.1, 0.15) is 5.82 Å². The molecule has 32 heavy (non-hydrogen) atoms. The number of aromatic nitrogens is 2. The van der Waals surface area contributed by atoms with E-state index in [9.17, 15) is 17.6 Å². The number of morpholine rings is 1. The average Bonchev–Trinajstić information content (AvgIpc) is 3.29. The highest BCUT2D eigenvalue weighted by atomic mass is 32.2. The van der Waals surface area contributed by atoms with Gasteiger partial charge in [-0.05, 0) is 30.3 Å². The van der Waals surface area contributed by atoms with Gasteiger partial charge in [-0.25, -0.2) is 12.8 Å². The Kier molecular flexibility index (Phi) is 6.84. The minimum atomic E-state index is -3.67. The Morgan fingerprint density at radius 1 is 1.12 bits per heavy atom. The third-order valence-electron chi connectivity index (χ3n) is 4.57. The van der Waals surface area contributed by atoms with E-state index >= 15 is 0 Å². The van der Waals surface area contributed by atoms with Gasteiger partial charge >= 0.3 is 0 Å². The summed E-state index contributed by atoms with van der Waals surface area (Å²) in [7, 11) is -3.67. The van der Waals surface area contributed by atoms with Gasteiger partial charge in [-0.3, -0.25) is 4.79 Å². The van der Waals surface area contributed by atoms with E-state index in [0.29, 0.717) is 31.9 Å². The molecule has 1 aliphatic heterocycles. The maximum Gasteiger partial charge on any atom is 0.277 e. The number of para-hydroxylation sites is 1. The van der Waals surface area contributed by atoms with Crippen LogP contribution in [0.3, 0.4) is 0 Å². The predicted molar refractivity (Wildman–Crippen MR) is 115 cm³/mol. The van der Waals surface area contributed by atoms with Crippen molar-refractivity contribution in [3.05, 3.63) is 54.3 Å². The van der Waals surface area contributed by atoms with Crippen LogP contribution in [0.2, 0.25) is 0 Å². The standard InChI is InChI=1S/C20H19FN4O5S2/c21-16-6-1-2-7-17(16)22-18(26)13-31-20-24-23-19(30-20)14-4-3-5-15(12-14)32(27,28)25-8-10-29-11-9-25/h1-7,12H,8-11,13H2,(H,22,26). The second-order valence-corrected chi connectivity index (χ2v) is 9.60. The number of carbonyl (C=O) groups is 1. The largest absolute Gasteiger partial charge is 0.411 e. The van der Waals surface area contributed by atoms with Crippen LogP contribution >= 0.6 is 11.8 Å². The molecule has 12 heteroatoms. The SMILES string of the molecule is O=C(CSc1nnc(-c2cccc(S(=O)(=O)N3CCOCC3)c2)o1)Nc1ccccc1F. The summed E-state index contributed by atoms with van der Waals surface area (Å²) >= 11 is 0.986. The first-order valence-electron chi connectivity index (χ1n) is 9.62. The molecule has 0 radical (unpaired) electrons. The summed E-state index contributed by atoms with van der Waals surface area (Å²) in [4.78, 5) is 12.2. The van der Waals surface area contributed by atoms with Crippen LogP contribution < -0.4 is 5.32 Å². The van der Waals surface area contributed by atoms with Gasteiger partial charge in [-0.1, -0.05) is 30.0 Å². The molecule has 0 spiro atoms. The Labute approximate surface area is 188 Å². The van der Waals surface area contributed by atoms with Crippen molar-refractivity contribution in [1.82, 2.24) is 14.5 Å². The predicted octanol–water partition coefficient (Wildman–Crippen LogP) is 2.63. The highest BCUT2D eigenvalue weighted by Gasteiger charge is 2.27. The first kappa shape index (κ1) is 22.4. The van der Waals surface area contributed by atoms with Crippen LogP contribution in [-0.4, -0.2) is 60.9 Å². The maximum absolute atomic E-state index is 13.6. The summed E-state index contributed by atoms with van der Waals surface area (Å²) in [5.41, 5.74) is 0.525. The van der Waals surface area contributed by atoms with Crippen LogP contribution in [0.25, 0.3) is 11.5 Å². The summed E-state index contributed by atoms with van der Waals surface area (Å²) in [6.45, 7) is 1.30. The summed E-state index contributed by atoms with van der Waals surface area (Å²) in [5, 5.41) is 10.4. The molecule has 0 aliphatic carbocycles. The average molecular weight is 479 g/mol. The lowest BCUT2D eigenvalue weighted by Gasteiger charge is -2.26. The fraction of sp³-hybridized carbons (Fsp3) is 0.250. The van der Waals surface area contributed by atoms with Crippen molar-refractivity contribution in [3.8, 4) is 11.5 Å². The number of hydrogen-bond donors (Lipinski definition) is 1. The lowest BCUT2D eigenvalue weighted by Crippen LogP contribution is -2.40. The molecule has 0 saturated carbocycles. The summed E-state index contributed by atoms with van der Waals surface area (Å²) < 4.78 is 51.5. The number of halogens is 1. The van der Waals surface area contributed by atoms with Crippen LogP contribution in [0.15, 0.2) is 63.1 Å². The molecule has 2 heterocycles. The molecule has 1 aliphatic rings. The number of hydrogen-bond acceptors (Lipinski definition) is 8. The topological polar surface area (TPSA) is 115 Å². The first-order valence-corrected chi connectivity index (χ1v) is 12.0. The van der Waals surface area contributed by atoms with Gasteiger partial charge in [0.05, 0.1) is 29.5 Å². The first-order chi connectivity index (χ1) is 15.4. The van der Waals surface area contributed by atoms with Crippen molar-refractivity contribution in [2.45, 2.75) is 10.1 Å². The number of carbonyl (C=O) groups excluding carboxylic acids is 1. The third kappa shape index (κ3) is 5.15. The zero-order chi connectivity index (χ0) is 22.6. The summed E-state index contributed by atoms with van der Waals surface area (Å²) in [5.74, 6) is -0.904. The fourth-order valence-electron chi connectivity index (χ4n) is 2.99. The molecule has 0 unspecified atom stereocenters. The Morgan fingerprint density at radius 2 is 1.91 bits per heavy atom. The minimum Gasteiger partial charge on any atom is -0.411 e. The lowest BCUT2D eigenvalue weighted by molar-refractivity contribution is -0.113. The van der Waals surface area contributed by atoms with E-state index in [1.54, 1.807) is 18.2 Å². The molecule has 1 saturated heterocycles. The van der Waals surface area contributed by atoms with Gasteiger partial charge in [-0.2, -0.15) is 4.31 Å². The van der Waals surface area contributed by atoms with Crippen molar-refractivity contribution in [2.75, 3.05) is 37.4 Å². The monoisotopic (exact) mass is 478 g/mol. The van der Waals surface area contributed by atoms with Crippen molar-refractivity contribution in [2.24, 2.45) is 0 Å². The molecule has 2 aromatic carbocycles. The minimum absolute atomic E-state index is 0.0680. The normalized spacial score (nSPS) is 14.9. The van der Waals surface area contributed by atoms with E-state index in [2.05, 4.69) is 15.5 Å². The number of anilines is 1. The van der Waals surface area contributed by atoms with Crippen molar-refractivity contribution in [3.63, 3.8) is 0 Å². The molecule has 1 fully saturated rings. The number of amides is 1. The van der Waals surface area contributed by atoms with E-state index in [1.807, 2.05) is 0 Å². The number of ether oxygens (including phenoxy) is 1. The third-order valence-corrected chi connectivity index (χ3v) is 7.28. The molecule has 0 atom stereocenters. The fourth-order valence-corrected chi connectivity index (χ4v) is 5.00. The van der Waals surface area contributed by atoms with E-state index in [-0.39, 0.29) is 27.4 Å². The van der Waals surface area contributed by atoms with E-state index in [4.69, 9.17) is 9.15 Å². The highest BCUT2D eigenvalue weighted by Crippen LogP contribution is 2.26. The molecular formula is C20H19FN4O5S2. The van der Waals surface area contributed by atoms with Crippen molar-refractivity contribution in [1.29, 1.82) is 0 Å². The second-order valence-electron chi connectivity index (χ2n) is 6.73. The van der Waals surface area contributed by atoms with Gasteiger partial charge in [0.2, 0.25) is 21.8 Å². The molecule has 1 N–H and O–H groups in total. The van der Waals surface area contributed by atoms with Gasteiger partial charge < -0.3 is 14.5 Å². The molecule has 9 nitrogen and oxygen atoms in total. The second kappa shape index (κ2) is 9.77. The number of thioether (sulfide) groups is 1. The molecule has 168 valence electrons. The highest BCUT2D eigenvalue weighted by molar-refractivity contribution is 7.99. The zero-order valence-corrected chi connectivity index (χ0v) is 18.4. The quantitative estimate of drug-likeness (QED) is 0.516. The van der Waals surface area contributed by atoms with Gasteiger partial charge in [0, 0.05) is 18.7 Å². The zero-order valence-electron chi connectivity index (χ0n) is 16.7. The molecule has 1 aromatic heterocycles. The number of rotatable bonds is 7. The van der Waals surface area contributed by atoms with Gasteiger partial charge in [0.25, 0.3) is 5.22 Å². The Bertz CT molecular complexity index is 1210. The number of benzene rings is 2. The van der Waals surface area contributed by atoms with Crippen LogP contribution in [-0.2, 0) is 19.6 Å². The van der Waals surface area contributed by atoms with Crippen molar-refractivity contribution >= 4 is 33.4 Å². The van der Waals surface area contributed by atoms with E-state index < -0.39 is 21.7 Å². The van der Waals surface area contributed by atoms with Gasteiger partial charge in [-0.15, -0.1) is 10.2 Å². The number of nitrogens with zero attached hydrogens (tertiary/aromatic N) is 3. The Morgan fingerprint density at radius 3 is 2.69 bits per heavy atom. The van der Waals surface area contributed by atoms with Crippen LogP contribution in [0.5, 0.6) is 0 Å². The van der Waals surface area contributed by atoms with Crippen LogP contribution in [0.4, 0.5) is 10.1 Å². The van der Waals surface area contributed by atoms with E-state index in [1.165, 1.54) is 34.6 Å². The molecule has 0 bridgehead atoms. The lowest BCUT2D eigenvalue weighted by atomic mass is 10.2. The van der Waals surface area contributed by atoms with Crippen LogP contribution in [0, 0.1) is 5.82 Å². The maximum atomic E-state index is 13.6. The molecule has 4 rings (SSSR count). The molecule has 3 aromatic rings. The van der Waals surface area contributed by atoms with Crippen molar-refractivity contribution < 1.29 is 26.8 Å². The van der Waals surface area contributed by atoms with Gasteiger partial charge in [0.15, 0.2) is 0 Å². The number of sulfonamides is 1. The molecular weight excluding hydrogens is 459 g/mol. The van der Waals surface area contributed by atoms with Crippen LogP contribution in [0.1, 0.15) is 0 Å². The smallest absolute Gasteiger partial charge is 0.277 e.